The number of halogens is 1. The van der Waals surface area contributed by atoms with E-state index in [9.17, 15) is 14.7 Å². The molecular formula is C18H20ClN3O4S. The van der Waals surface area contributed by atoms with Crippen molar-refractivity contribution in [1.82, 2.24) is 5.32 Å². The summed E-state index contributed by atoms with van der Waals surface area (Å²) in [7, 11) is 0. The van der Waals surface area contributed by atoms with Crippen molar-refractivity contribution in [1.29, 1.82) is 0 Å². The molecule has 0 aliphatic carbocycles. The van der Waals surface area contributed by atoms with Crippen LogP contribution in [-0.4, -0.2) is 55.9 Å². The number of thiophene rings is 1. The molecule has 2 heterocycles. The van der Waals surface area contributed by atoms with Crippen molar-refractivity contribution in [3.8, 4) is 0 Å². The minimum absolute atomic E-state index is 0.0554. The van der Waals surface area contributed by atoms with Crippen molar-refractivity contribution in [3.63, 3.8) is 0 Å². The van der Waals surface area contributed by atoms with E-state index in [0.29, 0.717) is 22.4 Å². The van der Waals surface area contributed by atoms with Crippen molar-refractivity contribution in [2.45, 2.75) is 6.10 Å². The van der Waals surface area contributed by atoms with E-state index in [1.807, 2.05) is 24.3 Å². The molecule has 0 saturated carbocycles. The maximum Gasteiger partial charge on any atom is 0.261 e. The number of anilines is 2. The lowest BCUT2D eigenvalue weighted by atomic mass is 10.2. The van der Waals surface area contributed by atoms with Gasteiger partial charge in [-0.2, -0.15) is 0 Å². The molecule has 1 aliphatic heterocycles. The third-order valence-corrected chi connectivity index (χ3v) is 5.23. The first-order chi connectivity index (χ1) is 13.0. The van der Waals surface area contributed by atoms with Gasteiger partial charge in [-0.1, -0.05) is 11.6 Å². The number of amides is 2. The maximum atomic E-state index is 11.9. The zero-order chi connectivity index (χ0) is 19.2. The molecule has 1 unspecified atom stereocenters. The Balaban J connectivity index is 1.44. The average molecular weight is 410 g/mol. The standard InChI is InChI=1S/C18H20ClN3O4S/c19-16-6-5-15(27-16)18(25)21-10-14(23)9-20-12-1-3-13(4-2-12)22-7-8-26-11-17(22)24/h1-6,14,20,23H,7-11H2,(H,21,25). The highest BCUT2D eigenvalue weighted by Crippen LogP contribution is 2.21. The molecule has 0 spiro atoms. The molecule has 27 heavy (non-hydrogen) atoms. The molecule has 1 aliphatic rings. The smallest absolute Gasteiger partial charge is 0.261 e. The Morgan fingerprint density at radius 2 is 2.04 bits per heavy atom. The molecule has 1 aromatic carbocycles. The number of carbonyl (C=O) groups is 2. The number of rotatable bonds is 7. The summed E-state index contributed by atoms with van der Waals surface area (Å²) in [6, 6.07) is 10.7. The fourth-order valence-electron chi connectivity index (χ4n) is 2.59. The van der Waals surface area contributed by atoms with E-state index in [-0.39, 0.29) is 31.5 Å². The van der Waals surface area contributed by atoms with E-state index < -0.39 is 6.10 Å². The summed E-state index contributed by atoms with van der Waals surface area (Å²) in [6.07, 6.45) is -0.745. The highest BCUT2D eigenvalue weighted by atomic mass is 35.5. The van der Waals surface area contributed by atoms with Crippen LogP contribution in [0.5, 0.6) is 0 Å². The van der Waals surface area contributed by atoms with Crippen molar-refractivity contribution < 1.29 is 19.4 Å². The molecular weight excluding hydrogens is 390 g/mol. The Labute approximate surface area is 165 Å². The van der Waals surface area contributed by atoms with Crippen molar-refractivity contribution >= 4 is 46.1 Å². The van der Waals surface area contributed by atoms with Gasteiger partial charge >= 0.3 is 0 Å². The second-order valence-electron chi connectivity index (χ2n) is 5.99. The molecule has 2 amide bonds. The largest absolute Gasteiger partial charge is 0.389 e. The molecule has 1 fully saturated rings. The highest BCUT2D eigenvalue weighted by Gasteiger charge is 2.19. The first kappa shape index (κ1) is 19.6. The number of ether oxygens (including phenoxy) is 1. The van der Waals surface area contributed by atoms with Gasteiger partial charge in [-0.3, -0.25) is 9.59 Å². The summed E-state index contributed by atoms with van der Waals surface area (Å²) in [5, 5.41) is 15.8. The van der Waals surface area contributed by atoms with Crippen LogP contribution in [0.25, 0.3) is 0 Å². The second-order valence-corrected chi connectivity index (χ2v) is 7.71. The minimum Gasteiger partial charge on any atom is -0.389 e. The molecule has 0 radical (unpaired) electrons. The summed E-state index contributed by atoms with van der Waals surface area (Å²) < 4.78 is 5.67. The number of hydrogen-bond donors (Lipinski definition) is 3. The molecule has 3 N–H and O–H groups in total. The lowest BCUT2D eigenvalue weighted by molar-refractivity contribution is -0.125. The highest BCUT2D eigenvalue weighted by molar-refractivity contribution is 7.17. The van der Waals surface area contributed by atoms with E-state index >= 15 is 0 Å². The fraction of sp³-hybridized carbons (Fsp3) is 0.333. The Kier molecular flexibility index (Phi) is 6.68. The Morgan fingerprint density at radius 3 is 2.70 bits per heavy atom. The van der Waals surface area contributed by atoms with Crippen molar-refractivity contribution in [3.05, 3.63) is 45.6 Å². The quantitative estimate of drug-likeness (QED) is 0.650. The number of carbonyl (C=O) groups excluding carboxylic acids is 2. The van der Waals surface area contributed by atoms with Crippen LogP contribution >= 0.6 is 22.9 Å². The van der Waals surface area contributed by atoms with Crippen LogP contribution in [0, 0.1) is 0 Å². The number of morpholine rings is 1. The molecule has 1 saturated heterocycles. The van der Waals surface area contributed by atoms with Gasteiger partial charge in [0, 0.05) is 31.0 Å². The monoisotopic (exact) mass is 409 g/mol. The molecule has 1 aromatic heterocycles. The van der Waals surface area contributed by atoms with Gasteiger partial charge in [-0.05, 0) is 36.4 Å². The maximum absolute atomic E-state index is 11.9. The van der Waals surface area contributed by atoms with Gasteiger partial charge in [0.25, 0.3) is 11.8 Å². The number of benzene rings is 1. The Morgan fingerprint density at radius 1 is 1.26 bits per heavy atom. The molecule has 7 nitrogen and oxygen atoms in total. The number of aliphatic hydroxyl groups is 1. The summed E-state index contributed by atoms with van der Waals surface area (Å²) in [4.78, 5) is 26.0. The van der Waals surface area contributed by atoms with Gasteiger partial charge in [0.05, 0.1) is 21.9 Å². The number of nitrogens with one attached hydrogen (secondary N) is 2. The predicted molar refractivity (Wildman–Crippen MR) is 106 cm³/mol. The summed E-state index contributed by atoms with van der Waals surface area (Å²) in [6.45, 7) is 1.58. The SMILES string of the molecule is O=C(NCC(O)CNc1ccc(N2CCOCC2=O)cc1)c1ccc(Cl)s1. The van der Waals surface area contributed by atoms with Crippen LogP contribution in [0.3, 0.4) is 0 Å². The second kappa shape index (κ2) is 9.18. The fourth-order valence-corrected chi connectivity index (χ4v) is 3.55. The van der Waals surface area contributed by atoms with E-state index in [0.717, 1.165) is 11.4 Å². The zero-order valence-electron chi connectivity index (χ0n) is 14.5. The lowest BCUT2D eigenvalue weighted by Gasteiger charge is -2.27. The molecule has 9 heteroatoms. The molecule has 0 bridgehead atoms. The summed E-state index contributed by atoms with van der Waals surface area (Å²) in [5.41, 5.74) is 1.63. The van der Waals surface area contributed by atoms with Gasteiger partial charge in [0.1, 0.15) is 6.61 Å². The first-order valence-electron chi connectivity index (χ1n) is 8.46. The minimum atomic E-state index is -0.745. The van der Waals surface area contributed by atoms with Crippen LogP contribution < -0.4 is 15.5 Å². The molecule has 2 aromatic rings. The van der Waals surface area contributed by atoms with Gasteiger partial charge in [0.2, 0.25) is 0 Å². The first-order valence-corrected chi connectivity index (χ1v) is 9.66. The number of nitrogens with zero attached hydrogens (tertiary/aromatic N) is 1. The molecule has 3 rings (SSSR count). The van der Waals surface area contributed by atoms with Crippen LogP contribution in [-0.2, 0) is 9.53 Å². The van der Waals surface area contributed by atoms with E-state index in [1.165, 1.54) is 11.3 Å². The van der Waals surface area contributed by atoms with Crippen molar-refractivity contribution in [2.24, 2.45) is 0 Å². The van der Waals surface area contributed by atoms with Gasteiger partial charge < -0.3 is 25.4 Å². The topological polar surface area (TPSA) is 90.9 Å². The van der Waals surface area contributed by atoms with Crippen molar-refractivity contribution in [2.75, 3.05) is 43.1 Å². The van der Waals surface area contributed by atoms with Crippen LogP contribution in [0.15, 0.2) is 36.4 Å². The number of aliphatic hydroxyl groups excluding tert-OH is 1. The third kappa shape index (κ3) is 5.43. The molecule has 144 valence electrons. The van der Waals surface area contributed by atoms with E-state index in [1.54, 1.807) is 17.0 Å². The molecule has 1 atom stereocenters. The van der Waals surface area contributed by atoms with Gasteiger partial charge in [0.15, 0.2) is 0 Å². The Bertz CT molecular complexity index is 796. The summed E-state index contributed by atoms with van der Waals surface area (Å²) >= 11 is 7.00. The Hall–Kier alpha value is -2.13. The summed E-state index contributed by atoms with van der Waals surface area (Å²) in [5.74, 6) is -0.314. The van der Waals surface area contributed by atoms with Gasteiger partial charge in [-0.15, -0.1) is 11.3 Å². The number of hydrogen-bond acceptors (Lipinski definition) is 6. The predicted octanol–water partition coefficient (Wildman–Crippen LogP) is 1.97. The average Bonchev–Trinajstić information content (AvgIpc) is 3.12. The van der Waals surface area contributed by atoms with E-state index in [2.05, 4.69) is 10.6 Å². The van der Waals surface area contributed by atoms with E-state index in [4.69, 9.17) is 16.3 Å². The lowest BCUT2D eigenvalue weighted by Crippen LogP contribution is -2.41. The van der Waals surface area contributed by atoms with Gasteiger partial charge in [-0.25, -0.2) is 0 Å². The normalized spacial score (nSPS) is 15.5. The van der Waals surface area contributed by atoms with Crippen LogP contribution in [0.2, 0.25) is 4.34 Å². The third-order valence-electron chi connectivity index (χ3n) is 4.00. The van der Waals surface area contributed by atoms with Crippen LogP contribution in [0.4, 0.5) is 11.4 Å². The van der Waals surface area contributed by atoms with Crippen LogP contribution in [0.1, 0.15) is 9.67 Å². The zero-order valence-corrected chi connectivity index (χ0v) is 16.1.